The fourth-order valence-electron chi connectivity index (χ4n) is 5.75. The number of nitrogen functional groups attached to an aromatic ring is 2. The highest BCUT2D eigenvalue weighted by molar-refractivity contribution is 5.48. The smallest absolute Gasteiger partial charge is 0.241 e. The van der Waals surface area contributed by atoms with Gasteiger partial charge in [0.15, 0.2) is 0 Å². The minimum Gasteiger partial charge on any atom is -0.368 e. The molecular weight excluding hydrogens is 343 g/mol. The van der Waals surface area contributed by atoms with Crippen molar-refractivity contribution in [3.8, 4) is 5.69 Å². The van der Waals surface area contributed by atoms with Gasteiger partial charge < -0.3 is 11.5 Å². The molecule has 1 aromatic heterocycles. The summed E-state index contributed by atoms with van der Waals surface area (Å²) in [6.07, 6.45) is 5.27. The molecule has 2 aromatic rings. The molecule has 2 unspecified atom stereocenters. The van der Waals surface area contributed by atoms with Gasteiger partial charge in [0.05, 0.1) is 5.69 Å². The number of likely N-dealkylation sites (tertiary alicyclic amines) is 1. The lowest BCUT2D eigenvalue weighted by Gasteiger charge is -2.41. The minimum absolute atomic E-state index is 0.130. The molecule has 2 heterocycles. The van der Waals surface area contributed by atoms with Crippen molar-refractivity contribution in [2.24, 2.45) is 11.8 Å². The number of fused-ring (bicyclic) bond motifs is 2. The number of nitrogens with zero attached hydrogens (tertiary/aromatic N) is 4. The van der Waals surface area contributed by atoms with Gasteiger partial charge in [-0.15, -0.1) is 5.10 Å². The van der Waals surface area contributed by atoms with E-state index in [2.05, 4.69) is 15.0 Å². The van der Waals surface area contributed by atoms with Crippen LogP contribution in [0.25, 0.3) is 5.69 Å². The standard InChI is InChI=1S/C20H27FN6/c21-16-11-26(18-10-12-5-6-13(18)9-12)8-7-14(16)15-3-1-2-4-17(15)27-20(23)24-19(22)25-27/h1-4,12-14,16,18H,5-11H2,(H4,22,23,24,25)/t12-,13+,14?,16?,18+/m1/s1. The summed E-state index contributed by atoms with van der Waals surface area (Å²) in [5.74, 6) is 1.89. The summed E-state index contributed by atoms with van der Waals surface area (Å²) in [5.41, 5.74) is 13.4. The molecule has 3 fully saturated rings. The number of rotatable bonds is 3. The molecule has 2 aliphatic carbocycles. The van der Waals surface area contributed by atoms with Crippen molar-refractivity contribution in [2.75, 3.05) is 24.6 Å². The van der Waals surface area contributed by atoms with Crippen LogP contribution < -0.4 is 11.5 Å². The lowest BCUT2D eigenvalue weighted by molar-refractivity contribution is 0.0588. The summed E-state index contributed by atoms with van der Waals surface area (Å²) in [5, 5.41) is 4.19. The zero-order chi connectivity index (χ0) is 18.5. The van der Waals surface area contributed by atoms with Crippen LogP contribution in [0.5, 0.6) is 0 Å². The molecule has 1 aliphatic heterocycles. The molecular formula is C20H27FN6. The average molecular weight is 370 g/mol. The SMILES string of the molecule is Nc1nc(N)n(-c2ccccc2C2CCN([C@H]3C[C@@H]4CC[C@H]3C4)CC2F)n1. The molecule has 2 bridgehead atoms. The number of para-hydroxylation sites is 1. The van der Waals surface area contributed by atoms with Crippen molar-refractivity contribution in [3.05, 3.63) is 29.8 Å². The Balaban J connectivity index is 1.38. The van der Waals surface area contributed by atoms with Crippen LogP contribution in [0.15, 0.2) is 24.3 Å². The molecule has 6 nitrogen and oxygen atoms in total. The van der Waals surface area contributed by atoms with Crippen LogP contribution in [-0.4, -0.2) is 45.0 Å². The van der Waals surface area contributed by atoms with Crippen molar-refractivity contribution >= 4 is 11.9 Å². The summed E-state index contributed by atoms with van der Waals surface area (Å²) in [4.78, 5) is 6.41. The number of benzene rings is 1. The molecule has 2 saturated carbocycles. The van der Waals surface area contributed by atoms with Gasteiger partial charge in [0.25, 0.3) is 0 Å². The van der Waals surface area contributed by atoms with E-state index in [0.717, 1.165) is 36.1 Å². The second-order valence-corrected chi connectivity index (χ2v) is 8.45. The molecule has 4 N–H and O–H groups in total. The first-order valence-electron chi connectivity index (χ1n) is 10.1. The highest BCUT2D eigenvalue weighted by Crippen LogP contribution is 2.48. The average Bonchev–Trinajstić information content (AvgIpc) is 3.37. The van der Waals surface area contributed by atoms with Crippen molar-refractivity contribution in [3.63, 3.8) is 0 Å². The van der Waals surface area contributed by atoms with Gasteiger partial charge in [-0.05, 0) is 55.7 Å². The Morgan fingerprint density at radius 3 is 2.59 bits per heavy atom. The fourth-order valence-corrected chi connectivity index (χ4v) is 5.75. The Hall–Kier alpha value is -2.15. The van der Waals surface area contributed by atoms with E-state index < -0.39 is 6.17 Å². The van der Waals surface area contributed by atoms with Crippen molar-refractivity contribution in [1.82, 2.24) is 19.7 Å². The molecule has 5 rings (SSSR count). The maximum Gasteiger partial charge on any atom is 0.241 e. The Bertz CT molecular complexity index is 836. The first-order valence-corrected chi connectivity index (χ1v) is 10.1. The number of hydrogen-bond acceptors (Lipinski definition) is 5. The van der Waals surface area contributed by atoms with Crippen LogP contribution in [0.4, 0.5) is 16.3 Å². The van der Waals surface area contributed by atoms with E-state index in [0.29, 0.717) is 12.6 Å². The molecule has 0 spiro atoms. The van der Waals surface area contributed by atoms with Gasteiger partial charge in [-0.3, -0.25) is 4.90 Å². The van der Waals surface area contributed by atoms with Gasteiger partial charge in [0, 0.05) is 18.5 Å². The quantitative estimate of drug-likeness (QED) is 0.868. The van der Waals surface area contributed by atoms with Gasteiger partial charge in [-0.25, -0.2) is 4.39 Å². The molecule has 0 amide bonds. The number of hydrogen-bond donors (Lipinski definition) is 2. The Morgan fingerprint density at radius 2 is 1.93 bits per heavy atom. The van der Waals surface area contributed by atoms with Crippen LogP contribution in [0, 0.1) is 11.8 Å². The molecule has 5 atom stereocenters. The Morgan fingerprint density at radius 1 is 1.07 bits per heavy atom. The largest absolute Gasteiger partial charge is 0.368 e. The zero-order valence-electron chi connectivity index (χ0n) is 15.5. The molecule has 144 valence electrons. The van der Waals surface area contributed by atoms with Crippen molar-refractivity contribution < 1.29 is 4.39 Å². The first kappa shape index (κ1) is 17.0. The maximum atomic E-state index is 15.3. The summed E-state index contributed by atoms with van der Waals surface area (Å²) < 4.78 is 16.9. The highest BCUT2D eigenvalue weighted by Gasteiger charge is 2.44. The number of piperidine rings is 1. The predicted octanol–water partition coefficient (Wildman–Crippen LogP) is 2.75. The molecule has 3 aliphatic rings. The van der Waals surface area contributed by atoms with Crippen molar-refractivity contribution in [1.29, 1.82) is 0 Å². The van der Waals surface area contributed by atoms with Gasteiger partial charge in [-0.1, -0.05) is 24.6 Å². The Labute approximate surface area is 158 Å². The number of nitrogens with two attached hydrogens (primary N) is 2. The molecule has 0 radical (unpaired) electrons. The third-order valence-electron chi connectivity index (χ3n) is 6.96. The molecule has 1 aromatic carbocycles. The third-order valence-corrected chi connectivity index (χ3v) is 6.96. The van der Waals surface area contributed by atoms with Gasteiger partial charge in [0.1, 0.15) is 6.17 Å². The van der Waals surface area contributed by atoms with Crippen LogP contribution >= 0.6 is 0 Å². The number of anilines is 2. The fraction of sp³-hybridized carbons (Fsp3) is 0.600. The second-order valence-electron chi connectivity index (χ2n) is 8.45. The van der Waals surface area contributed by atoms with Crippen molar-refractivity contribution in [2.45, 2.75) is 50.2 Å². The summed E-state index contributed by atoms with van der Waals surface area (Å²) in [7, 11) is 0. The predicted molar refractivity (Wildman–Crippen MR) is 103 cm³/mol. The maximum absolute atomic E-state index is 15.3. The van der Waals surface area contributed by atoms with E-state index >= 15 is 4.39 Å². The van der Waals surface area contributed by atoms with Crippen LogP contribution in [0.1, 0.15) is 43.6 Å². The number of halogens is 1. The minimum atomic E-state index is -0.888. The van der Waals surface area contributed by atoms with Crippen LogP contribution in [0.3, 0.4) is 0 Å². The van der Waals surface area contributed by atoms with E-state index in [1.807, 2.05) is 24.3 Å². The Kier molecular flexibility index (Phi) is 4.07. The monoisotopic (exact) mass is 370 g/mol. The van der Waals surface area contributed by atoms with Crippen LogP contribution in [-0.2, 0) is 0 Å². The van der Waals surface area contributed by atoms with E-state index in [1.165, 1.54) is 30.4 Å². The third kappa shape index (κ3) is 2.88. The second kappa shape index (κ2) is 6.48. The highest BCUT2D eigenvalue weighted by atomic mass is 19.1. The zero-order valence-corrected chi connectivity index (χ0v) is 15.5. The lowest BCUT2D eigenvalue weighted by Crippen LogP contribution is -2.48. The summed E-state index contributed by atoms with van der Waals surface area (Å²) >= 11 is 0. The normalized spacial score (nSPS) is 33.6. The number of aromatic nitrogens is 3. The molecule has 7 heteroatoms. The summed E-state index contributed by atoms with van der Waals surface area (Å²) in [6.45, 7) is 1.49. The van der Waals surface area contributed by atoms with Gasteiger partial charge >= 0.3 is 0 Å². The topological polar surface area (TPSA) is 86.0 Å². The number of alkyl halides is 1. The van der Waals surface area contributed by atoms with E-state index in [1.54, 1.807) is 0 Å². The van der Waals surface area contributed by atoms with Gasteiger partial charge in [-0.2, -0.15) is 9.67 Å². The van der Waals surface area contributed by atoms with E-state index in [9.17, 15) is 0 Å². The lowest BCUT2D eigenvalue weighted by atomic mass is 9.84. The first-order chi connectivity index (χ1) is 13.1. The van der Waals surface area contributed by atoms with Gasteiger partial charge in [0.2, 0.25) is 11.9 Å². The molecule has 27 heavy (non-hydrogen) atoms. The summed E-state index contributed by atoms with van der Waals surface area (Å²) in [6, 6.07) is 8.35. The van der Waals surface area contributed by atoms with Crippen LogP contribution in [0.2, 0.25) is 0 Å². The molecule has 1 saturated heterocycles. The van der Waals surface area contributed by atoms with E-state index in [4.69, 9.17) is 11.5 Å². The van der Waals surface area contributed by atoms with E-state index in [-0.39, 0.29) is 17.8 Å².